The Morgan fingerprint density at radius 3 is 1.81 bits per heavy atom. The van der Waals surface area contributed by atoms with Crippen molar-refractivity contribution in [2.24, 2.45) is 5.92 Å². The van der Waals surface area contributed by atoms with Gasteiger partial charge in [-0.05, 0) is 52.6 Å². The third-order valence-corrected chi connectivity index (χ3v) is 4.63. The highest BCUT2D eigenvalue weighted by Crippen LogP contribution is 2.01. The van der Waals surface area contributed by atoms with Crippen molar-refractivity contribution in [1.29, 1.82) is 0 Å². The zero-order valence-electron chi connectivity index (χ0n) is 22.9. The summed E-state index contributed by atoms with van der Waals surface area (Å²) in [4.78, 5) is 13.4. The van der Waals surface area contributed by atoms with Crippen LogP contribution < -0.4 is 10.6 Å². The second kappa shape index (κ2) is 27.0. The van der Waals surface area contributed by atoms with E-state index in [-0.39, 0.29) is 5.91 Å². The van der Waals surface area contributed by atoms with Crippen molar-refractivity contribution in [3.05, 3.63) is 12.3 Å². The van der Waals surface area contributed by atoms with E-state index in [1.165, 1.54) is 44.9 Å². The highest BCUT2D eigenvalue weighted by molar-refractivity contribution is 5.75. The van der Waals surface area contributed by atoms with Crippen molar-refractivity contribution in [1.82, 2.24) is 15.5 Å². The number of carbonyl (C=O) groups excluding carboxylic acids is 1. The average molecular weight is 442 g/mol. The minimum atomic E-state index is 0.176. The molecule has 0 fully saturated rings. The van der Waals surface area contributed by atoms with Gasteiger partial charge in [0.05, 0.1) is 0 Å². The minimum Gasteiger partial charge on any atom is -0.387 e. The first-order valence-corrected chi connectivity index (χ1v) is 13.0. The summed E-state index contributed by atoms with van der Waals surface area (Å²) in [5, 5.41) is 6.17. The minimum absolute atomic E-state index is 0.176. The van der Waals surface area contributed by atoms with E-state index in [4.69, 9.17) is 0 Å². The van der Waals surface area contributed by atoms with Crippen LogP contribution in [0.25, 0.3) is 0 Å². The van der Waals surface area contributed by atoms with Gasteiger partial charge in [0.15, 0.2) is 0 Å². The summed E-state index contributed by atoms with van der Waals surface area (Å²) in [5.41, 5.74) is 1.16. The second-order valence-electron chi connectivity index (χ2n) is 9.30. The lowest BCUT2D eigenvalue weighted by molar-refractivity contribution is -0.121. The van der Waals surface area contributed by atoms with E-state index in [9.17, 15) is 4.79 Å². The van der Waals surface area contributed by atoms with Crippen LogP contribution in [0.15, 0.2) is 12.3 Å². The number of amides is 1. The number of carbonyl (C=O) groups is 1. The maximum Gasteiger partial charge on any atom is 0.220 e. The standard InChI is InChI=1S/C12H26N2O.C8H17N.C7H16/c1-5-6-12(15)13-8-10-14(4)9-7-11(2)3;1-5-6-8(4)9-7(2)3;1-3-5-7-6-4-2/h11H,5-10H2,1-4H3,(H,13,15);7,9H,4-6H2,1-3H3;3-7H2,1-2H3. The number of hydrogen-bond acceptors (Lipinski definition) is 3. The number of unbranched alkanes of at least 4 members (excludes halogenated alkanes) is 4. The zero-order valence-corrected chi connectivity index (χ0v) is 22.9. The molecule has 0 heterocycles. The monoisotopic (exact) mass is 441 g/mol. The quantitative estimate of drug-likeness (QED) is 0.250. The van der Waals surface area contributed by atoms with Gasteiger partial charge in [-0.1, -0.05) is 86.6 Å². The zero-order chi connectivity index (χ0) is 24.5. The Kier molecular flexibility index (Phi) is 30.1. The fraction of sp³-hybridized carbons (Fsp3) is 0.889. The van der Waals surface area contributed by atoms with E-state index < -0.39 is 0 Å². The lowest BCUT2D eigenvalue weighted by Crippen LogP contribution is -2.33. The lowest BCUT2D eigenvalue weighted by atomic mass is 10.1. The molecule has 31 heavy (non-hydrogen) atoms. The van der Waals surface area contributed by atoms with E-state index in [1.807, 2.05) is 6.92 Å². The van der Waals surface area contributed by atoms with Crippen molar-refractivity contribution in [2.75, 3.05) is 26.7 Å². The summed E-state index contributed by atoms with van der Waals surface area (Å²) in [6.07, 6.45) is 12.1. The number of hydrogen-bond donors (Lipinski definition) is 2. The van der Waals surface area contributed by atoms with Crippen LogP contribution in [-0.4, -0.2) is 43.5 Å². The molecule has 0 aromatic carbocycles. The van der Waals surface area contributed by atoms with Gasteiger partial charge in [0.25, 0.3) is 0 Å². The number of likely N-dealkylation sites (N-methyl/N-ethyl adjacent to an activating group) is 1. The van der Waals surface area contributed by atoms with Crippen LogP contribution in [0.5, 0.6) is 0 Å². The van der Waals surface area contributed by atoms with Gasteiger partial charge in [0.1, 0.15) is 0 Å². The first kappa shape index (κ1) is 34.6. The normalized spacial score (nSPS) is 10.3. The van der Waals surface area contributed by atoms with Crippen LogP contribution >= 0.6 is 0 Å². The predicted octanol–water partition coefficient (Wildman–Crippen LogP) is 7.16. The summed E-state index contributed by atoms with van der Waals surface area (Å²) in [5.74, 6) is 0.928. The van der Waals surface area contributed by atoms with E-state index in [2.05, 4.69) is 77.6 Å². The topological polar surface area (TPSA) is 44.4 Å². The molecule has 0 saturated heterocycles. The maximum atomic E-state index is 11.2. The molecule has 0 aliphatic carbocycles. The van der Waals surface area contributed by atoms with Gasteiger partial charge in [0.2, 0.25) is 5.91 Å². The molecule has 2 N–H and O–H groups in total. The summed E-state index contributed by atoms with van der Waals surface area (Å²) in [7, 11) is 2.11. The Morgan fingerprint density at radius 2 is 1.39 bits per heavy atom. The average Bonchev–Trinajstić information content (AvgIpc) is 2.67. The molecule has 0 radical (unpaired) electrons. The van der Waals surface area contributed by atoms with Crippen molar-refractivity contribution in [2.45, 2.75) is 126 Å². The molecule has 0 spiro atoms. The Labute approximate surface area is 197 Å². The molecule has 0 saturated carbocycles. The molecule has 0 aromatic rings. The third-order valence-electron chi connectivity index (χ3n) is 4.63. The summed E-state index contributed by atoms with van der Waals surface area (Å²) >= 11 is 0. The molecule has 4 nitrogen and oxygen atoms in total. The molecule has 4 heteroatoms. The molecule has 0 aliphatic heterocycles. The largest absolute Gasteiger partial charge is 0.387 e. The maximum absolute atomic E-state index is 11.2. The molecule has 0 aromatic heterocycles. The summed E-state index contributed by atoms with van der Waals surface area (Å²) in [6.45, 7) is 24.1. The van der Waals surface area contributed by atoms with Gasteiger partial charge in [-0.2, -0.15) is 0 Å². The van der Waals surface area contributed by atoms with Crippen LogP contribution in [0, 0.1) is 5.92 Å². The van der Waals surface area contributed by atoms with Crippen molar-refractivity contribution in [3.8, 4) is 0 Å². The predicted molar refractivity (Wildman–Crippen MR) is 142 cm³/mol. The van der Waals surface area contributed by atoms with Crippen LogP contribution in [0.3, 0.4) is 0 Å². The van der Waals surface area contributed by atoms with Gasteiger partial charge in [-0.25, -0.2) is 0 Å². The fourth-order valence-electron chi connectivity index (χ4n) is 2.75. The Morgan fingerprint density at radius 1 is 0.839 bits per heavy atom. The highest BCUT2D eigenvalue weighted by atomic mass is 16.1. The van der Waals surface area contributed by atoms with E-state index in [0.717, 1.165) is 44.1 Å². The van der Waals surface area contributed by atoms with E-state index >= 15 is 0 Å². The molecule has 1 amide bonds. The first-order valence-electron chi connectivity index (χ1n) is 13.0. The van der Waals surface area contributed by atoms with Crippen LogP contribution in [0.1, 0.15) is 120 Å². The van der Waals surface area contributed by atoms with Gasteiger partial charge in [-0.15, -0.1) is 0 Å². The molecule has 0 bridgehead atoms. The molecular weight excluding hydrogens is 382 g/mol. The van der Waals surface area contributed by atoms with Gasteiger partial charge in [0, 0.05) is 31.2 Å². The van der Waals surface area contributed by atoms with Crippen LogP contribution in [0.4, 0.5) is 0 Å². The molecule has 188 valence electrons. The first-order chi connectivity index (χ1) is 14.6. The number of nitrogens with zero attached hydrogens (tertiary/aromatic N) is 1. The van der Waals surface area contributed by atoms with Gasteiger partial charge >= 0.3 is 0 Å². The second-order valence-corrected chi connectivity index (χ2v) is 9.30. The van der Waals surface area contributed by atoms with Crippen molar-refractivity contribution >= 4 is 5.91 Å². The molecular formula is C27H59N3O. The summed E-state index contributed by atoms with van der Waals surface area (Å²) < 4.78 is 0. The lowest BCUT2D eigenvalue weighted by Gasteiger charge is -2.17. The molecule has 0 aliphatic rings. The van der Waals surface area contributed by atoms with Crippen LogP contribution in [-0.2, 0) is 4.79 Å². The van der Waals surface area contributed by atoms with Crippen molar-refractivity contribution in [3.63, 3.8) is 0 Å². The summed E-state index contributed by atoms with van der Waals surface area (Å²) in [6, 6.07) is 0.532. The molecule has 0 atom stereocenters. The molecule has 0 rings (SSSR count). The Bertz CT molecular complexity index is 377. The van der Waals surface area contributed by atoms with E-state index in [0.29, 0.717) is 12.5 Å². The third kappa shape index (κ3) is 36.7. The van der Waals surface area contributed by atoms with E-state index in [1.54, 1.807) is 0 Å². The van der Waals surface area contributed by atoms with Crippen LogP contribution in [0.2, 0.25) is 0 Å². The number of nitrogens with one attached hydrogen (secondary N) is 2. The number of rotatable bonds is 16. The smallest absolute Gasteiger partial charge is 0.220 e. The number of allylic oxidation sites excluding steroid dienone is 1. The van der Waals surface area contributed by atoms with Gasteiger partial charge in [-0.3, -0.25) is 4.79 Å². The van der Waals surface area contributed by atoms with Gasteiger partial charge < -0.3 is 15.5 Å². The SMILES string of the molecule is C=C(CCC)NC(C)C.CCCC(=O)NCCN(C)CCC(C)C.CCCCCCC. The highest BCUT2D eigenvalue weighted by Gasteiger charge is 2.02. The van der Waals surface area contributed by atoms with Crippen molar-refractivity contribution < 1.29 is 4.79 Å². The Hall–Kier alpha value is -1.03. The Balaban J connectivity index is -0.000000417. The fourth-order valence-corrected chi connectivity index (χ4v) is 2.75. The molecule has 0 unspecified atom stereocenters.